The third-order valence-electron chi connectivity index (χ3n) is 15.0. The van der Waals surface area contributed by atoms with E-state index in [0.717, 1.165) is 109 Å². The predicted octanol–water partition coefficient (Wildman–Crippen LogP) is 24.2. The van der Waals surface area contributed by atoms with Gasteiger partial charge in [-0.1, -0.05) is 316 Å². The molecule has 82 heavy (non-hydrogen) atoms. The Labute approximate surface area is 508 Å². The topological polar surface area (TPSA) is 78.9 Å². The van der Waals surface area contributed by atoms with Crippen molar-refractivity contribution in [3.05, 3.63) is 109 Å². The van der Waals surface area contributed by atoms with Crippen LogP contribution >= 0.6 is 0 Å². The highest BCUT2D eigenvalue weighted by Gasteiger charge is 2.19. The van der Waals surface area contributed by atoms with Crippen LogP contribution in [0.1, 0.15) is 335 Å². The van der Waals surface area contributed by atoms with Crippen LogP contribution in [-0.4, -0.2) is 37.2 Å². The molecule has 0 aliphatic rings. The lowest BCUT2D eigenvalue weighted by molar-refractivity contribution is -0.167. The van der Waals surface area contributed by atoms with Crippen molar-refractivity contribution < 1.29 is 28.6 Å². The number of unbranched alkanes of at least 4 members (excludes halogenated alkanes) is 34. The molecule has 0 saturated carbocycles. The number of allylic oxidation sites excluding steroid dienone is 18. The first-order valence-corrected chi connectivity index (χ1v) is 34.9. The number of ether oxygens (including phenoxy) is 3. The van der Waals surface area contributed by atoms with E-state index in [4.69, 9.17) is 14.2 Å². The van der Waals surface area contributed by atoms with Crippen molar-refractivity contribution in [2.45, 2.75) is 341 Å². The van der Waals surface area contributed by atoms with E-state index >= 15 is 0 Å². The van der Waals surface area contributed by atoms with Crippen LogP contribution in [0, 0.1) is 0 Å². The molecule has 0 aromatic carbocycles. The molecule has 0 heterocycles. The van der Waals surface area contributed by atoms with Gasteiger partial charge in [-0.05, 0) is 109 Å². The normalized spacial score (nSPS) is 12.8. The molecule has 1 unspecified atom stereocenters. The van der Waals surface area contributed by atoms with Gasteiger partial charge in [0.2, 0.25) is 0 Å². The Bertz CT molecular complexity index is 1640. The summed E-state index contributed by atoms with van der Waals surface area (Å²) in [7, 11) is 0. The van der Waals surface area contributed by atoms with Gasteiger partial charge in [0.05, 0.1) is 0 Å². The quantitative estimate of drug-likeness (QED) is 0.0261. The molecule has 0 radical (unpaired) electrons. The van der Waals surface area contributed by atoms with Crippen molar-refractivity contribution in [3.63, 3.8) is 0 Å². The van der Waals surface area contributed by atoms with Gasteiger partial charge in [0.1, 0.15) is 13.2 Å². The molecule has 0 bridgehead atoms. The number of rotatable bonds is 63. The van der Waals surface area contributed by atoms with E-state index < -0.39 is 6.10 Å². The van der Waals surface area contributed by atoms with Gasteiger partial charge in [0, 0.05) is 19.3 Å². The van der Waals surface area contributed by atoms with E-state index in [1.807, 2.05) is 0 Å². The molecule has 0 aromatic rings. The zero-order valence-electron chi connectivity index (χ0n) is 54.0. The maximum absolute atomic E-state index is 12.9. The van der Waals surface area contributed by atoms with Gasteiger partial charge in [-0.3, -0.25) is 14.4 Å². The Morgan fingerprint density at radius 3 is 0.768 bits per heavy atom. The van der Waals surface area contributed by atoms with Gasteiger partial charge in [-0.15, -0.1) is 0 Å². The summed E-state index contributed by atoms with van der Waals surface area (Å²) >= 11 is 0. The number of esters is 3. The van der Waals surface area contributed by atoms with E-state index in [-0.39, 0.29) is 37.5 Å². The zero-order valence-corrected chi connectivity index (χ0v) is 54.0. The van der Waals surface area contributed by atoms with Gasteiger partial charge < -0.3 is 14.2 Å². The minimum Gasteiger partial charge on any atom is -0.462 e. The standard InChI is InChI=1S/C76H130O6/c1-4-7-10-13-16-19-22-25-28-31-34-37-38-40-42-45-48-51-54-57-60-63-66-69-75(78)81-72-73(71-80-74(77)68-65-62-59-56-53-50-47-44-41-36-33-30-27-24-21-18-15-12-9-6-3)82-76(79)70-67-64-61-58-55-52-49-46-43-39-35-32-29-26-23-20-17-14-11-8-5-2/h8,11,17,20,22,25-26,29,31,34-35,38-40,46,49,55,58,73H,4-7,9-10,12-16,18-19,21,23-24,27-28,30,32-33,36-37,41-45,47-48,50-54,56-57,59-72H2,1-3H3/b11-8-,20-17-,25-22-,29-26-,34-31-,39-35-,40-38-,49-46-,58-55-. The summed E-state index contributed by atoms with van der Waals surface area (Å²) in [4.78, 5) is 38.5. The van der Waals surface area contributed by atoms with Gasteiger partial charge in [-0.2, -0.15) is 0 Å². The van der Waals surface area contributed by atoms with Crippen LogP contribution in [0.5, 0.6) is 0 Å². The first-order chi connectivity index (χ1) is 40.5. The van der Waals surface area contributed by atoms with Gasteiger partial charge >= 0.3 is 17.9 Å². The lowest BCUT2D eigenvalue weighted by Gasteiger charge is -2.18. The molecule has 0 amide bonds. The fourth-order valence-electron chi connectivity index (χ4n) is 9.81. The second-order valence-corrected chi connectivity index (χ2v) is 23.1. The summed E-state index contributed by atoms with van der Waals surface area (Å²) in [6, 6.07) is 0. The lowest BCUT2D eigenvalue weighted by atomic mass is 10.0. The van der Waals surface area contributed by atoms with E-state index in [9.17, 15) is 14.4 Å². The van der Waals surface area contributed by atoms with Crippen molar-refractivity contribution >= 4 is 17.9 Å². The molecular weight excluding hydrogens is 1010 g/mol. The molecule has 0 spiro atoms. The summed E-state index contributed by atoms with van der Waals surface area (Å²) in [5.74, 6) is -0.934. The summed E-state index contributed by atoms with van der Waals surface area (Å²) in [6.07, 6.45) is 95.3. The molecule has 470 valence electrons. The molecule has 6 nitrogen and oxygen atoms in total. The van der Waals surface area contributed by atoms with E-state index in [1.165, 1.54) is 180 Å². The number of carbonyl (C=O) groups is 3. The van der Waals surface area contributed by atoms with E-state index in [1.54, 1.807) is 0 Å². The predicted molar refractivity (Wildman–Crippen MR) is 357 cm³/mol. The first-order valence-electron chi connectivity index (χ1n) is 34.9. The van der Waals surface area contributed by atoms with Crippen LogP contribution in [0.3, 0.4) is 0 Å². The highest BCUT2D eigenvalue weighted by Crippen LogP contribution is 2.17. The summed E-state index contributed by atoms with van der Waals surface area (Å²) in [5, 5.41) is 0. The SMILES string of the molecule is CC/C=C\C/C=C\C/C=C\C/C=C\C/C=C\C/C=C\CCCCC(=O)OC(COC(=O)CCCCCCCCCC/C=C\C/C=C\C/C=C\CCCCCCC)COC(=O)CCCCCCCCCCCCCCCCCCCCCC. The molecule has 6 heteroatoms. The third kappa shape index (κ3) is 66.9. The van der Waals surface area contributed by atoms with E-state index in [2.05, 4.69) is 130 Å². The number of hydrogen-bond acceptors (Lipinski definition) is 6. The van der Waals surface area contributed by atoms with Crippen molar-refractivity contribution in [2.75, 3.05) is 13.2 Å². The lowest BCUT2D eigenvalue weighted by Crippen LogP contribution is -2.30. The minimum absolute atomic E-state index is 0.0966. The molecule has 0 aliphatic carbocycles. The maximum Gasteiger partial charge on any atom is 0.306 e. The number of carbonyl (C=O) groups excluding carboxylic acids is 3. The Hall–Kier alpha value is -3.93. The highest BCUT2D eigenvalue weighted by atomic mass is 16.6. The Morgan fingerprint density at radius 2 is 0.476 bits per heavy atom. The molecule has 0 aromatic heterocycles. The zero-order chi connectivity index (χ0) is 59.2. The van der Waals surface area contributed by atoms with Crippen molar-refractivity contribution in [2.24, 2.45) is 0 Å². The monoisotopic (exact) mass is 1140 g/mol. The summed E-state index contributed by atoms with van der Waals surface area (Å²) < 4.78 is 17.0. The Kier molecular flexibility index (Phi) is 66.2. The first kappa shape index (κ1) is 78.1. The highest BCUT2D eigenvalue weighted by molar-refractivity contribution is 5.71. The molecular formula is C76H130O6. The molecule has 0 rings (SSSR count). The Balaban J connectivity index is 4.46. The summed E-state index contributed by atoms with van der Waals surface area (Å²) in [5.41, 5.74) is 0. The van der Waals surface area contributed by atoms with Crippen LogP contribution in [-0.2, 0) is 28.6 Å². The van der Waals surface area contributed by atoms with Gasteiger partial charge in [0.25, 0.3) is 0 Å². The van der Waals surface area contributed by atoms with Gasteiger partial charge in [0.15, 0.2) is 6.10 Å². The number of hydrogen-bond donors (Lipinski definition) is 0. The molecule has 1 atom stereocenters. The van der Waals surface area contributed by atoms with Crippen LogP contribution in [0.25, 0.3) is 0 Å². The molecule has 0 fully saturated rings. The fraction of sp³-hybridized carbons (Fsp3) is 0.724. The van der Waals surface area contributed by atoms with E-state index in [0.29, 0.717) is 19.3 Å². The average molecular weight is 1140 g/mol. The van der Waals surface area contributed by atoms with Crippen LogP contribution in [0.15, 0.2) is 109 Å². The molecule has 0 saturated heterocycles. The van der Waals surface area contributed by atoms with Crippen molar-refractivity contribution in [1.29, 1.82) is 0 Å². The van der Waals surface area contributed by atoms with Crippen LogP contribution < -0.4 is 0 Å². The second kappa shape index (κ2) is 69.6. The second-order valence-electron chi connectivity index (χ2n) is 23.1. The third-order valence-corrected chi connectivity index (χ3v) is 15.0. The smallest absolute Gasteiger partial charge is 0.306 e. The van der Waals surface area contributed by atoms with Crippen LogP contribution in [0.2, 0.25) is 0 Å². The molecule has 0 aliphatic heterocycles. The Morgan fingerprint density at radius 1 is 0.256 bits per heavy atom. The van der Waals surface area contributed by atoms with Crippen LogP contribution in [0.4, 0.5) is 0 Å². The van der Waals surface area contributed by atoms with Crippen molar-refractivity contribution in [3.8, 4) is 0 Å². The largest absolute Gasteiger partial charge is 0.462 e. The average Bonchev–Trinajstić information content (AvgIpc) is 3.47. The maximum atomic E-state index is 12.9. The van der Waals surface area contributed by atoms with Crippen molar-refractivity contribution in [1.82, 2.24) is 0 Å². The minimum atomic E-state index is -0.807. The fourth-order valence-corrected chi connectivity index (χ4v) is 9.81. The van der Waals surface area contributed by atoms with Gasteiger partial charge in [-0.25, -0.2) is 0 Å². The summed E-state index contributed by atoms with van der Waals surface area (Å²) in [6.45, 7) is 6.52. The molecule has 0 N–H and O–H groups in total.